The number of carbonyl (C=O) groups excluding carboxylic acids is 2. The Bertz CT molecular complexity index is 1510. The highest BCUT2D eigenvalue weighted by atomic mass is 32.2. The smallest absolute Gasteiger partial charge is 0.314 e. The van der Waals surface area contributed by atoms with Gasteiger partial charge in [-0.3, -0.25) is 9.59 Å². The maximum atomic E-state index is 14.1. The molecule has 3 aromatic carbocycles. The van der Waals surface area contributed by atoms with Gasteiger partial charge < -0.3 is 14.0 Å². The molecule has 198 valence electrons. The molecule has 0 aliphatic heterocycles. The highest BCUT2D eigenvalue weighted by Crippen LogP contribution is 2.55. The van der Waals surface area contributed by atoms with Crippen molar-refractivity contribution in [2.75, 3.05) is 6.61 Å². The van der Waals surface area contributed by atoms with E-state index in [-0.39, 0.29) is 11.8 Å². The van der Waals surface area contributed by atoms with Crippen LogP contribution >= 0.6 is 0 Å². The Kier molecular flexibility index (Phi) is 6.48. The number of halogens is 4. The van der Waals surface area contributed by atoms with Crippen LogP contribution in [0.2, 0.25) is 0 Å². The summed E-state index contributed by atoms with van der Waals surface area (Å²) in [5.74, 6) is -14.5. The highest BCUT2D eigenvalue weighted by molar-refractivity contribution is 7.85. The predicted molar refractivity (Wildman–Crippen MR) is 120 cm³/mol. The zero-order valence-corrected chi connectivity index (χ0v) is 20.1. The zero-order chi connectivity index (χ0) is 27.4. The van der Waals surface area contributed by atoms with Crippen molar-refractivity contribution in [1.82, 2.24) is 0 Å². The second-order valence-corrected chi connectivity index (χ2v) is 10.2. The van der Waals surface area contributed by atoms with E-state index in [1.54, 1.807) is 0 Å². The minimum Gasteiger partial charge on any atom is -0.744 e. The van der Waals surface area contributed by atoms with Gasteiger partial charge in [0, 0.05) is 11.8 Å². The second-order valence-electron chi connectivity index (χ2n) is 8.89. The van der Waals surface area contributed by atoms with Crippen molar-refractivity contribution in [3.05, 3.63) is 94.1 Å². The van der Waals surface area contributed by atoms with Gasteiger partial charge in [0.2, 0.25) is 17.4 Å². The summed E-state index contributed by atoms with van der Waals surface area (Å²) in [4.78, 5) is 22.7. The Morgan fingerprint density at radius 2 is 1.34 bits per heavy atom. The number of hydrogen-bond acceptors (Lipinski definition) is 7. The third-order valence-corrected chi connectivity index (χ3v) is 7.67. The van der Waals surface area contributed by atoms with E-state index < -0.39 is 74.9 Å². The van der Waals surface area contributed by atoms with Crippen molar-refractivity contribution in [1.29, 1.82) is 0 Å². The summed E-state index contributed by atoms with van der Waals surface area (Å²) in [6, 6.07) is 15.5. The van der Waals surface area contributed by atoms with Crippen LogP contribution in [0.15, 0.2) is 53.4 Å². The maximum Gasteiger partial charge on any atom is 0.314 e. The van der Waals surface area contributed by atoms with E-state index >= 15 is 0 Å². The minimum atomic E-state index is -5.91. The van der Waals surface area contributed by atoms with Crippen LogP contribution < -0.4 is 4.74 Å². The molecule has 3 aromatic rings. The van der Waals surface area contributed by atoms with Crippen LogP contribution in [0.3, 0.4) is 0 Å². The number of benzene rings is 3. The first-order chi connectivity index (χ1) is 18.0. The molecule has 0 heterocycles. The Labute approximate surface area is 213 Å². The monoisotopic (exact) mass is 549 g/mol. The molecule has 1 atom stereocenters. The average molecular weight is 549 g/mol. The standard InChI is InChI=1S/C26H18F4O7S/c27-20-22(29)25(38(33,34)35)23(30)21(28)24(20)37-18(31)9-10-36-26(32)17-11-16-12-5-1-3-7-14(12)19(17)15-8-4-2-6-13(15)16/h1-8,16-17,19H,9-11H2,(H,33,34,35)/p-1. The Hall–Kier alpha value is -3.77. The molecule has 3 aliphatic rings. The van der Waals surface area contributed by atoms with Crippen molar-refractivity contribution < 1.29 is 49.6 Å². The average Bonchev–Trinajstić information content (AvgIpc) is 2.89. The maximum absolute atomic E-state index is 14.1. The van der Waals surface area contributed by atoms with Crippen LogP contribution in [0.25, 0.3) is 0 Å². The number of ether oxygens (including phenoxy) is 2. The van der Waals surface area contributed by atoms with Gasteiger partial charge in [0.25, 0.3) is 0 Å². The van der Waals surface area contributed by atoms with E-state index in [4.69, 9.17) is 4.74 Å². The molecule has 7 nitrogen and oxygen atoms in total. The van der Waals surface area contributed by atoms with Gasteiger partial charge in [-0.2, -0.15) is 8.78 Å². The fourth-order valence-corrected chi connectivity index (χ4v) is 5.89. The molecule has 1 unspecified atom stereocenters. The first-order valence-electron chi connectivity index (χ1n) is 11.4. The molecule has 0 fully saturated rings. The number of carbonyl (C=O) groups is 2. The van der Waals surface area contributed by atoms with Crippen LogP contribution in [0.4, 0.5) is 17.6 Å². The van der Waals surface area contributed by atoms with Crippen molar-refractivity contribution >= 4 is 22.1 Å². The van der Waals surface area contributed by atoms with E-state index in [0.717, 1.165) is 22.3 Å². The molecular weight excluding hydrogens is 532 g/mol. The first-order valence-corrected chi connectivity index (χ1v) is 12.8. The summed E-state index contributed by atoms with van der Waals surface area (Å²) < 4.78 is 98.2. The summed E-state index contributed by atoms with van der Waals surface area (Å²) in [7, 11) is -5.91. The summed E-state index contributed by atoms with van der Waals surface area (Å²) in [5.41, 5.74) is 4.26. The van der Waals surface area contributed by atoms with Crippen molar-refractivity contribution in [3.8, 4) is 5.75 Å². The quantitative estimate of drug-likeness (QED) is 0.148. The predicted octanol–water partition coefficient (Wildman–Crippen LogP) is 4.28. The topological polar surface area (TPSA) is 110 Å². The SMILES string of the molecule is O=C(CCOC(=O)C1CC2c3ccccc3C1c1ccccc12)Oc1c(F)c(F)c(S(=O)(=O)[O-])c(F)c1F. The van der Waals surface area contributed by atoms with E-state index in [2.05, 4.69) is 4.74 Å². The van der Waals surface area contributed by atoms with Crippen molar-refractivity contribution in [2.45, 2.75) is 29.6 Å². The number of fused-ring (bicyclic) bond motifs is 1. The minimum absolute atomic E-state index is 0.0217. The summed E-state index contributed by atoms with van der Waals surface area (Å²) >= 11 is 0. The third-order valence-electron chi connectivity index (χ3n) is 6.81. The van der Waals surface area contributed by atoms with Gasteiger partial charge >= 0.3 is 11.9 Å². The largest absolute Gasteiger partial charge is 0.744 e. The van der Waals surface area contributed by atoms with Crippen LogP contribution in [0, 0.1) is 29.2 Å². The second kappa shape index (κ2) is 9.52. The van der Waals surface area contributed by atoms with Crippen molar-refractivity contribution in [2.24, 2.45) is 5.92 Å². The fraction of sp³-hybridized carbons (Fsp3) is 0.231. The lowest BCUT2D eigenvalue weighted by Crippen LogP contribution is -2.37. The lowest BCUT2D eigenvalue weighted by atomic mass is 9.59. The Morgan fingerprint density at radius 1 is 0.842 bits per heavy atom. The molecule has 0 amide bonds. The molecular formula is C26H17F4O7S-. The highest BCUT2D eigenvalue weighted by Gasteiger charge is 2.46. The normalized spacial score (nSPS) is 19.4. The molecule has 38 heavy (non-hydrogen) atoms. The van der Waals surface area contributed by atoms with Crippen molar-refractivity contribution in [3.63, 3.8) is 0 Å². The van der Waals surface area contributed by atoms with E-state index in [0.29, 0.717) is 6.42 Å². The molecule has 0 N–H and O–H groups in total. The molecule has 0 radical (unpaired) electrons. The number of esters is 2. The molecule has 0 saturated carbocycles. The first kappa shape index (κ1) is 25.9. The van der Waals surface area contributed by atoms with Gasteiger partial charge in [-0.15, -0.1) is 0 Å². The van der Waals surface area contributed by atoms with E-state index in [1.807, 2.05) is 48.5 Å². The lowest BCUT2D eigenvalue weighted by Gasteiger charge is -2.44. The number of hydrogen-bond donors (Lipinski definition) is 0. The van der Waals surface area contributed by atoms with Gasteiger partial charge in [0.15, 0.2) is 11.6 Å². The zero-order valence-electron chi connectivity index (χ0n) is 19.3. The number of rotatable bonds is 6. The van der Waals surface area contributed by atoms with Crippen LogP contribution in [0.5, 0.6) is 5.75 Å². The van der Waals surface area contributed by atoms with Crippen LogP contribution in [0.1, 0.15) is 46.9 Å². The molecule has 0 saturated heterocycles. The molecule has 2 bridgehead atoms. The van der Waals surface area contributed by atoms with E-state index in [1.165, 1.54) is 0 Å². The fourth-order valence-electron chi connectivity index (χ4n) is 5.28. The van der Waals surface area contributed by atoms with Gasteiger partial charge in [-0.05, 0) is 28.7 Å². The Morgan fingerprint density at radius 3 is 1.84 bits per heavy atom. The summed E-state index contributed by atoms with van der Waals surface area (Å²) in [6.07, 6.45) is -0.255. The summed E-state index contributed by atoms with van der Waals surface area (Å²) in [5, 5.41) is 0. The molecule has 0 aromatic heterocycles. The van der Waals surface area contributed by atoms with Gasteiger partial charge in [0.1, 0.15) is 21.6 Å². The molecule has 3 aliphatic carbocycles. The van der Waals surface area contributed by atoms with Gasteiger partial charge in [-0.1, -0.05) is 48.5 Å². The van der Waals surface area contributed by atoms with Crippen LogP contribution in [-0.2, 0) is 24.4 Å². The van der Waals surface area contributed by atoms with Crippen LogP contribution in [-0.4, -0.2) is 31.5 Å². The summed E-state index contributed by atoms with van der Waals surface area (Å²) in [6.45, 7) is -0.559. The lowest BCUT2D eigenvalue weighted by molar-refractivity contribution is -0.151. The van der Waals surface area contributed by atoms with Gasteiger partial charge in [-0.25, -0.2) is 17.2 Å². The third kappa shape index (κ3) is 4.23. The van der Waals surface area contributed by atoms with Gasteiger partial charge in [0.05, 0.1) is 12.3 Å². The Balaban J connectivity index is 1.27. The molecule has 0 spiro atoms. The van der Waals surface area contributed by atoms with E-state index in [9.17, 15) is 40.1 Å². The molecule has 6 rings (SSSR count). The molecule has 12 heteroatoms.